The number of rotatable bonds is 6. The van der Waals surface area contributed by atoms with E-state index >= 15 is 0 Å². The van der Waals surface area contributed by atoms with Gasteiger partial charge in [-0.25, -0.2) is 14.4 Å². The van der Waals surface area contributed by atoms with Gasteiger partial charge in [0.05, 0.1) is 30.6 Å². The van der Waals surface area contributed by atoms with Crippen LogP contribution < -0.4 is 15.5 Å². The number of aliphatic hydroxyl groups is 1. The van der Waals surface area contributed by atoms with Gasteiger partial charge in [0, 0.05) is 19.6 Å². The van der Waals surface area contributed by atoms with Crippen LogP contribution in [-0.4, -0.2) is 41.8 Å². The Labute approximate surface area is 194 Å². The Kier molecular flexibility index (Phi) is 9.35. The number of aliphatic hydroxyl groups excluding tert-OH is 1. The number of aromatic nitrogens is 1. The van der Waals surface area contributed by atoms with Crippen LogP contribution in [0.2, 0.25) is 0 Å². The first-order valence-corrected chi connectivity index (χ1v) is 10.1. The zero-order chi connectivity index (χ0) is 20.8. The summed E-state index contributed by atoms with van der Waals surface area (Å²) in [6, 6.07) is 5.24. The predicted octanol–water partition coefficient (Wildman–Crippen LogP) is 3.26. The van der Waals surface area contributed by atoms with E-state index in [0.717, 1.165) is 17.0 Å². The Morgan fingerprint density at radius 1 is 1.30 bits per heavy atom. The van der Waals surface area contributed by atoms with Crippen molar-refractivity contribution >= 4 is 35.6 Å². The van der Waals surface area contributed by atoms with Gasteiger partial charge in [-0.2, -0.15) is 0 Å². The number of halogens is 2. The number of aryl methyl sites for hydroxylation is 2. The highest BCUT2D eigenvalue weighted by Gasteiger charge is 2.19. The quantitative estimate of drug-likeness (QED) is 0.302. The number of nitrogens with one attached hydrogen (secondary N) is 2. The van der Waals surface area contributed by atoms with Crippen LogP contribution in [0.25, 0.3) is 0 Å². The van der Waals surface area contributed by atoms with E-state index in [2.05, 4.69) is 20.6 Å². The molecule has 0 aliphatic carbocycles. The largest absolute Gasteiger partial charge is 0.444 e. The van der Waals surface area contributed by atoms with E-state index in [0.29, 0.717) is 63.1 Å². The maximum Gasteiger partial charge on any atom is 0.214 e. The number of benzene rings is 1. The van der Waals surface area contributed by atoms with Gasteiger partial charge < -0.3 is 25.1 Å². The molecule has 0 saturated carbocycles. The molecule has 0 unspecified atom stereocenters. The molecule has 0 radical (unpaired) electrons. The normalized spacial score (nSPS) is 15.1. The van der Waals surface area contributed by atoms with Crippen molar-refractivity contribution in [1.82, 2.24) is 15.6 Å². The molecule has 1 aromatic heterocycles. The maximum atomic E-state index is 14.6. The number of anilines is 1. The lowest BCUT2D eigenvalue weighted by Crippen LogP contribution is -2.37. The van der Waals surface area contributed by atoms with E-state index in [-0.39, 0.29) is 35.9 Å². The molecular formula is C21H31FIN5O2. The van der Waals surface area contributed by atoms with Crippen molar-refractivity contribution in [2.24, 2.45) is 4.99 Å². The average Bonchev–Trinajstić information content (AvgIpc) is 3.02. The molecule has 9 heteroatoms. The van der Waals surface area contributed by atoms with Crippen LogP contribution in [0.1, 0.15) is 42.7 Å². The van der Waals surface area contributed by atoms with Crippen LogP contribution in [0.4, 0.5) is 10.1 Å². The van der Waals surface area contributed by atoms with Crippen LogP contribution in [0.3, 0.4) is 0 Å². The van der Waals surface area contributed by atoms with Gasteiger partial charge >= 0.3 is 0 Å². The monoisotopic (exact) mass is 531 g/mol. The van der Waals surface area contributed by atoms with E-state index in [1.54, 1.807) is 6.07 Å². The standard InChI is InChI=1S/C21H30FN5O2.HI/c1-4-23-21(25-13-20-26-14(2)15(3)29-20)24-12-16-5-6-19(18(22)11-16)27-9-7-17(28)8-10-27;/h5-6,11,17,28H,4,7-10,12-13H2,1-3H3,(H2,23,24,25);1H. The summed E-state index contributed by atoms with van der Waals surface area (Å²) in [5.41, 5.74) is 2.26. The SMILES string of the molecule is CCNC(=NCc1ccc(N2CCC(O)CC2)c(F)c1)NCc1nc(C)c(C)o1.I. The lowest BCUT2D eigenvalue weighted by molar-refractivity contribution is 0.145. The van der Waals surface area contributed by atoms with Crippen LogP contribution in [0, 0.1) is 19.7 Å². The second-order valence-electron chi connectivity index (χ2n) is 7.30. The van der Waals surface area contributed by atoms with Gasteiger partial charge in [-0.1, -0.05) is 6.07 Å². The Balaban J connectivity index is 0.00000320. The molecule has 166 valence electrons. The summed E-state index contributed by atoms with van der Waals surface area (Å²) < 4.78 is 20.2. The predicted molar refractivity (Wildman–Crippen MR) is 127 cm³/mol. The third-order valence-corrected chi connectivity index (χ3v) is 5.06. The fourth-order valence-electron chi connectivity index (χ4n) is 3.30. The zero-order valence-electron chi connectivity index (χ0n) is 17.7. The van der Waals surface area contributed by atoms with E-state index in [4.69, 9.17) is 4.42 Å². The summed E-state index contributed by atoms with van der Waals surface area (Å²) in [5, 5.41) is 16.0. The number of piperidine rings is 1. The summed E-state index contributed by atoms with van der Waals surface area (Å²) in [6.07, 6.45) is 1.07. The third-order valence-electron chi connectivity index (χ3n) is 5.06. The van der Waals surface area contributed by atoms with Gasteiger partial charge in [0.25, 0.3) is 0 Å². The molecule has 1 aromatic carbocycles. The average molecular weight is 531 g/mol. The number of hydrogen-bond acceptors (Lipinski definition) is 5. The van der Waals surface area contributed by atoms with E-state index in [1.807, 2.05) is 31.7 Å². The topological polar surface area (TPSA) is 85.9 Å². The summed E-state index contributed by atoms with van der Waals surface area (Å²) in [5.74, 6) is 1.78. The fraction of sp³-hybridized carbons (Fsp3) is 0.524. The van der Waals surface area contributed by atoms with Gasteiger partial charge in [0.15, 0.2) is 5.96 Å². The van der Waals surface area contributed by atoms with Crippen molar-refractivity contribution in [3.8, 4) is 0 Å². The van der Waals surface area contributed by atoms with Crippen molar-refractivity contribution in [2.75, 3.05) is 24.5 Å². The van der Waals surface area contributed by atoms with E-state index in [1.165, 1.54) is 6.07 Å². The molecule has 7 nitrogen and oxygen atoms in total. The first kappa shape index (κ1) is 24.4. The molecule has 0 atom stereocenters. The van der Waals surface area contributed by atoms with Crippen LogP contribution >= 0.6 is 24.0 Å². The van der Waals surface area contributed by atoms with E-state index < -0.39 is 0 Å². The molecule has 1 aliphatic heterocycles. The third kappa shape index (κ3) is 6.56. The number of nitrogens with zero attached hydrogens (tertiary/aromatic N) is 3. The lowest BCUT2D eigenvalue weighted by Gasteiger charge is -2.31. The van der Waals surface area contributed by atoms with Crippen LogP contribution in [-0.2, 0) is 13.1 Å². The molecular weight excluding hydrogens is 500 g/mol. The highest BCUT2D eigenvalue weighted by atomic mass is 127. The van der Waals surface area contributed by atoms with Gasteiger partial charge in [0.1, 0.15) is 11.6 Å². The highest BCUT2D eigenvalue weighted by molar-refractivity contribution is 14.0. The summed E-state index contributed by atoms with van der Waals surface area (Å²) in [7, 11) is 0. The van der Waals surface area contributed by atoms with Crippen molar-refractivity contribution in [1.29, 1.82) is 0 Å². The minimum atomic E-state index is -0.274. The second-order valence-corrected chi connectivity index (χ2v) is 7.30. The first-order chi connectivity index (χ1) is 14.0. The number of oxazole rings is 1. The van der Waals surface area contributed by atoms with E-state index in [9.17, 15) is 9.50 Å². The minimum absolute atomic E-state index is 0. The molecule has 1 aliphatic rings. The van der Waals surface area contributed by atoms with Gasteiger partial charge in [0.2, 0.25) is 5.89 Å². The highest BCUT2D eigenvalue weighted by Crippen LogP contribution is 2.24. The molecule has 0 spiro atoms. The Bertz CT molecular complexity index is 830. The van der Waals surface area contributed by atoms with Crippen molar-refractivity contribution < 1.29 is 13.9 Å². The fourth-order valence-corrected chi connectivity index (χ4v) is 3.30. The zero-order valence-corrected chi connectivity index (χ0v) is 20.1. The Morgan fingerprint density at radius 2 is 2.03 bits per heavy atom. The molecule has 0 amide bonds. The minimum Gasteiger partial charge on any atom is -0.444 e. The number of aliphatic imine (C=N–C) groups is 1. The second kappa shape index (κ2) is 11.5. The molecule has 30 heavy (non-hydrogen) atoms. The number of hydrogen-bond donors (Lipinski definition) is 3. The molecule has 1 fully saturated rings. The summed E-state index contributed by atoms with van der Waals surface area (Å²) in [4.78, 5) is 10.9. The summed E-state index contributed by atoms with van der Waals surface area (Å²) in [6.45, 7) is 8.61. The van der Waals surface area contributed by atoms with Gasteiger partial charge in [-0.05, 0) is 51.3 Å². The van der Waals surface area contributed by atoms with Crippen molar-refractivity contribution in [3.63, 3.8) is 0 Å². The number of guanidine groups is 1. The first-order valence-electron chi connectivity index (χ1n) is 10.1. The van der Waals surface area contributed by atoms with Gasteiger partial charge in [-0.3, -0.25) is 0 Å². The van der Waals surface area contributed by atoms with Crippen LogP contribution in [0.5, 0.6) is 0 Å². The summed E-state index contributed by atoms with van der Waals surface area (Å²) >= 11 is 0. The van der Waals surface area contributed by atoms with Crippen molar-refractivity contribution in [3.05, 3.63) is 46.9 Å². The Morgan fingerprint density at radius 3 is 2.63 bits per heavy atom. The molecule has 2 aromatic rings. The van der Waals surface area contributed by atoms with Gasteiger partial charge in [-0.15, -0.1) is 24.0 Å². The smallest absolute Gasteiger partial charge is 0.214 e. The van der Waals surface area contributed by atoms with Crippen molar-refractivity contribution in [2.45, 2.75) is 52.8 Å². The molecule has 1 saturated heterocycles. The Hall–Kier alpha value is -1.88. The molecule has 3 rings (SSSR count). The molecule has 0 bridgehead atoms. The van der Waals surface area contributed by atoms with Crippen LogP contribution in [0.15, 0.2) is 27.6 Å². The molecule has 2 heterocycles. The lowest BCUT2D eigenvalue weighted by atomic mass is 10.1. The molecule has 3 N–H and O–H groups in total. The maximum absolute atomic E-state index is 14.6.